The van der Waals surface area contributed by atoms with E-state index in [4.69, 9.17) is 11.6 Å². The van der Waals surface area contributed by atoms with E-state index in [1.807, 2.05) is 0 Å². The second-order valence-electron chi connectivity index (χ2n) is 3.40. The van der Waals surface area contributed by atoms with E-state index in [-0.39, 0.29) is 0 Å². The van der Waals surface area contributed by atoms with Crippen LogP contribution in [0.4, 0.5) is 0 Å². The average Bonchev–Trinajstić information content (AvgIpc) is 2.03. The molecule has 0 N–H and O–H groups in total. The van der Waals surface area contributed by atoms with Gasteiger partial charge >= 0.3 is 0 Å². The van der Waals surface area contributed by atoms with E-state index in [2.05, 4.69) is 13.0 Å². The first-order valence-corrected chi connectivity index (χ1v) is 5.13. The van der Waals surface area contributed by atoms with E-state index in [0.717, 1.165) is 18.2 Å². The topological polar surface area (TPSA) is 0 Å². The zero-order valence-corrected chi connectivity index (χ0v) is 8.03. The molecule has 1 rings (SSSR count). The highest BCUT2D eigenvalue weighted by Crippen LogP contribution is 2.28. The maximum atomic E-state index is 5.62. The summed E-state index contributed by atoms with van der Waals surface area (Å²) in [7, 11) is 0. The summed E-state index contributed by atoms with van der Waals surface area (Å²) in [6.45, 7) is 2.33. The standard InChI is InChI=1S/C10H17Cl/c1-9-5-2-3-6-10(9)7-4-8-11/h7,9H,2-6,8H2,1H3/b10-7+. The van der Waals surface area contributed by atoms with Gasteiger partial charge in [0, 0.05) is 5.88 Å². The predicted octanol–water partition coefficient (Wildman–Crippen LogP) is 3.75. The molecule has 0 saturated heterocycles. The molecule has 0 spiro atoms. The molecule has 0 heterocycles. The zero-order valence-electron chi connectivity index (χ0n) is 7.28. The van der Waals surface area contributed by atoms with Crippen LogP contribution >= 0.6 is 11.6 Å². The van der Waals surface area contributed by atoms with Crippen molar-refractivity contribution in [3.63, 3.8) is 0 Å². The highest BCUT2D eigenvalue weighted by Gasteiger charge is 2.12. The molecule has 11 heavy (non-hydrogen) atoms. The van der Waals surface area contributed by atoms with Gasteiger partial charge in [0.25, 0.3) is 0 Å². The van der Waals surface area contributed by atoms with Crippen molar-refractivity contribution in [1.82, 2.24) is 0 Å². The molecule has 0 aliphatic heterocycles. The largest absolute Gasteiger partial charge is 0.126 e. The molecule has 1 aliphatic carbocycles. The summed E-state index contributed by atoms with van der Waals surface area (Å²) in [6, 6.07) is 0. The van der Waals surface area contributed by atoms with Crippen molar-refractivity contribution in [2.24, 2.45) is 5.92 Å². The number of hydrogen-bond acceptors (Lipinski definition) is 0. The molecule has 0 aromatic heterocycles. The lowest BCUT2D eigenvalue weighted by Crippen LogP contribution is -2.05. The van der Waals surface area contributed by atoms with Gasteiger partial charge in [0.2, 0.25) is 0 Å². The van der Waals surface area contributed by atoms with E-state index in [1.165, 1.54) is 25.7 Å². The number of allylic oxidation sites excluding steroid dienone is 2. The van der Waals surface area contributed by atoms with Gasteiger partial charge in [0.05, 0.1) is 0 Å². The highest BCUT2D eigenvalue weighted by molar-refractivity contribution is 6.17. The fourth-order valence-corrected chi connectivity index (χ4v) is 1.86. The van der Waals surface area contributed by atoms with E-state index < -0.39 is 0 Å². The Morgan fingerprint density at radius 3 is 3.00 bits per heavy atom. The molecular weight excluding hydrogens is 156 g/mol. The molecule has 0 nitrogen and oxygen atoms in total. The van der Waals surface area contributed by atoms with Gasteiger partial charge in [-0.05, 0) is 31.6 Å². The molecule has 1 heteroatoms. The SMILES string of the molecule is CC1CCCC/C1=C\CCCl. The summed E-state index contributed by atoms with van der Waals surface area (Å²) in [4.78, 5) is 0. The molecule has 1 aliphatic rings. The van der Waals surface area contributed by atoms with Gasteiger partial charge < -0.3 is 0 Å². The first kappa shape index (κ1) is 9.12. The molecule has 64 valence electrons. The summed E-state index contributed by atoms with van der Waals surface area (Å²) in [5.41, 5.74) is 1.65. The summed E-state index contributed by atoms with van der Waals surface area (Å²) in [5, 5.41) is 0. The number of rotatable bonds is 2. The van der Waals surface area contributed by atoms with Crippen LogP contribution in [0.25, 0.3) is 0 Å². The second-order valence-corrected chi connectivity index (χ2v) is 3.78. The Hall–Kier alpha value is 0.0300. The summed E-state index contributed by atoms with van der Waals surface area (Å²) < 4.78 is 0. The van der Waals surface area contributed by atoms with Crippen molar-refractivity contribution in [2.75, 3.05) is 5.88 Å². The van der Waals surface area contributed by atoms with Crippen LogP contribution in [0, 0.1) is 5.92 Å². The molecule has 0 bridgehead atoms. The van der Waals surface area contributed by atoms with Crippen LogP contribution < -0.4 is 0 Å². The maximum absolute atomic E-state index is 5.62. The normalized spacial score (nSPS) is 29.3. The number of alkyl halides is 1. The molecule has 1 unspecified atom stereocenters. The van der Waals surface area contributed by atoms with Crippen LogP contribution in [0.2, 0.25) is 0 Å². The van der Waals surface area contributed by atoms with Crippen molar-refractivity contribution in [1.29, 1.82) is 0 Å². The van der Waals surface area contributed by atoms with Crippen molar-refractivity contribution < 1.29 is 0 Å². The summed E-state index contributed by atoms with van der Waals surface area (Å²) in [6.07, 6.45) is 8.90. The Balaban J connectivity index is 2.40. The monoisotopic (exact) mass is 172 g/mol. The third-order valence-electron chi connectivity index (χ3n) is 2.50. The Labute approximate surface area is 74.6 Å². The highest BCUT2D eigenvalue weighted by atomic mass is 35.5. The lowest BCUT2D eigenvalue weighted by Gasteiger charge is -2.21. The van der Waals surface area contributed by atoms with Crippen LogP contribution in [-0.4, -0.2) is 5.88 Å². The Kier molecular flexibility index (Phi) is 3.99. The first-order valence-electron chi connectivity index (χ1n) is 4.59. The first-order chi connectivity index (χ1) is 5.34. The molecule has 0 amide bonds. The molecule has 1 atom stereocenters. The summed E-state index contributed by atoms with van der Waals surface area (Å²) in [5.74, 6) is 1.60. The van der Waals surface area contributed by atoms with Gasteiger partial charge in [-0.15, -0.1) is 11.6 Å². The van der Waals surface area contributed by atoms with Crippen LogP contribution in [0.1, 0.15) is 39.0 Å². The van der Waals surface area contributed by atoms with E-state index in [9.17, 15) is 0 Å². The molecule has 1 fully saturated rings. The smallest absolute Gasteiger partial charge is 0.0258 e. The lowest BCUT2D eigenvalue weighted by atomic mass is 9.85. The van der Waals surface area contributed by atoms with E-state index >= 15 is 0 Å². The Morgan fingerprint density at radius 1 is 1.55 bits per heavy atom. The van der Waals surface area contributed by atoms with Gasteiger partial charge in [-0.2, -0.15) is 0 Å². The molecule has 1 saturated carbocycles. The van der Waals surface area contributed by atoms with Crippen LogP contribution in [0.15, 0.2) is 11.6 Å². The van der Waals surface area contributed by atoms with Gasteiger partial charge in [-0.1, -0.05) is 25.0 Å². The Morgan fingerprint density at radius 2 is 2.36 bits per heavy atom. The molecule has 0 aromatic carbocycles. The van der Waals surface area contributed by atoms with Crippen molar-refractivity contribution in [3.8, 4) is 0 Å². The summed E-state index contributed by atoms with van der Waals surface area (Å²) >= 11 is 5.62. The van der Waals surface area contributed by atoms with E-state index in [1.54, 1.807) is 5.57 Å². The average molecular weight is 173 g/mol. The fourth-order valence-electron chi connectivity index (χ4n) is 1.75. The van der Waals surface area contributed by atoms with Crippen molar-refractivity contribution in [3.05, 3.63) is 11.6 Å². The fraction of sp³-hybridized carbons (Fsp3) is 0.800. The van der Waals surface area contributed by atoms with Gasteiger partial charge in [-0.3, -0.25) is 0 Å². The third-order valence-corrected chi connectivity index (χ3v) is 2.72. The zero-order chi connectivity index (χ0) is 8.10. The maximum Gasteiger partial charge on any atom is 0.0258 e. The minimum Gasteiger partial charge on any atom is -0.126 e. The molecule has 0 aromatic rings. The van der Waals surface area contributed by atoms with Crippen LogP contribution in [-0.2, 0) is 0 Å². The van der Waals surface area contributed by atoms with Crippen LogP contribution in [0.3, 0.4) is 0 Å². The minimum atomic E-state index is 0.774. The Bertz CT molecular complexity index is 138. The van der Waals surface area contributed by atoms with Gasteiger partial charge in [-0.25, -0.2) is 0 Å². The lowest BCUT2D eigenvalue weighted by molar-refractivity contribution is 0.482. The van der Waals surface area contributed by atoms with Gasteiger partial charge in [0.1, 0.15) is 0 Å². The third kappa shape index (κ3) is 2.86. The number of halogens is 1. The van der Waals surface area contributed by atoms with Crippen molar-refractivity contribution in [2.45, 2.75) is 39.0 Å². The molecule has 0 radical (unpaired) electrons. The second kappa shape index (κ2) is 4.82. The van der Waals surface area contributed by atoms with Crippen molar-refractivity contribution >= 4 is 11.6 Å². The number of hydrogen-bond donors (Lipinski definition) is 0. The minimum absolute atomic E-state index is 0.774. The van der Waals surface area contributed by atoms with E-state index in [0.29, 0.717) is 0 Å². The predicted molar refractivity (Wildman–Crippen MR) is 51.1 cm³/mol. The molecular formula is C10H17Cl. The van der Waals surface area contributed by atoms with Crippen LogP contribution in [0.5, 0.6) is 0 Å². The quantitative estimate of drug-likeness (QED) is 0.440. The van der Waals surface area contributed by atoms with Gasteiger partial charge in [0.15, 0.2) is 0 Å².